The number of carbonyl (C=O) groups is 1. The molecule has 0 saturated carbocycles. The molecule has 2 atom stereocenters. The second-order valence-electron chi connectivity index (χ2n) is 4.52. The number of ketones is 1. The molecule has 2 heterocycles. The summed E-state index contributed by atoms with van der Waals surface area (Å²) in [5, 5.41) is 0. The fourth-order valence-electron chi connectivity index (χ4n) is 2.53. The zero-order valence-corrected chi connectivity index (χ0v) is 9.57. The van der Waals surface area contributed by atoms with Crippen LogP contribution in [0.25, 0.3) is 0 Å². The SMILES string of the molecule is CCCCC[C@@H]1[C@H](C)C(=O)c2cccn21. The van der Waals surface area contributed by atoms with Crippen molar-refractivity contribution in [1.29, 1.82) is 0 Å². The fraction of sp³-hybridized carbons (Fsp3) is 0.615. The van der Waals surface area contributed by atoms with E-state index in [0.29, 0.717) is 11.8 Å². The normalized spacial score (nSPS) is 24.5. The first-order valence-corrected chi connectivity index (χ1v) is 5.96. The van der Waals surface area contributed by atoms with Crippen molar-refractivity contribution in [1.82, 2.24) is 4.57 Å². The largest absolute Gasteiger partial charge is 0.341 e. The zero-order chi connectivity index (χ0) is 10.8. The summed E-state index contributed by atoms with van der Waals surface area (Å²) in [5.41, 5.74) is 0.906. The minimum absolute atomic E-state index is 0.179. The van der Waals surface area contributed by atoms with E-state index in [2.05, 4.69) is 18.4 Å². The van der Waals surface area contributed by atoms with Gasteiger partial charge in [0.1, 0.15) is 0 Å². The molecule has 1 aliphatic heterocycles. The molecule has 82 valence electrons. The Labute approximate surface area is 91.3 Å². The first kappa shape index (κ1) is 10.5. The van der Waals surface area contributed by atoms with Crippen LogP contribution in [-0.4, -0.2) is 10.4 Å². The maximum atomic E-state index is 11.9. The summed E-state index contributed by atoms with van der Waals surface area (Å²) >= 11 is 0. The standard InChI is InChI=1S/C13H19NO/c1-3-4-5-7-11-10(2)13(15)12-8-6-9-14(11)12/h6,8-11H,3-5,7H2,1-2H3/t10-,11+/m0/s1. The first-order valence-electron chi connectivity index (χ1n) is 5.96. The lowest BCUT2D eigenvalue weighted by atomic mass is 9.95. The van der Waals surface area contributed by atoms with Crippen LogP contribution in [0.15, 0.2) is 18.3 Å². The van der Waals surface area contributed by atoms with E-state index in [1.54, 1.807) is 0 Å². The van der Waals surface area contributed by atoms with Crippen LogP contribution >= 0.6 is 0 Å². The lowest BCUT2D eigenvalue weighted by molar-refractivity contribution is 0.0929. The number of unbranched alkanes of at least 4 members (excludes halogenated alkanes) is 2. The van der Waals surface area contributed by atoms with E-state index in [1.165, 1.54) is 19.3 Å². The van der Waals surface area contributed by atoms with Crippen LogP contribution in [0.5, 0.6) is 0 Å². The van der Waals surface area contributed by atoms with Crippen LogP contribution in [-0.2, 0) is 0 Å². The molecule has 2 nitrogen and oxygen atoms in total. The van der Waals surface area contributed by atoms with Crippen LogP contribution in [0.2, 0.25) is 0 Å². The van der Waals surface area contributed by atoms with Crippen molar-refractivity contribution in [2.24, 2.45) is 5.92 Å². The molecule has 0 saturated heterocycles. The maximum absolute atomic E-state index is 11.9. The van der Waals surface area contributed by atoms with Gasteiger partial charge in [0.05, 0.1) is 5.69 Å². The van der Waals surface area contributed by atoms with E-state index in [4.69, 9.17) is 0 Å². The third kappa shape index (κ3) is 1.73. The highest BCUT2D eigenvalue weighted by atomic mass is 16.1. The van der Waals surface area contributed by atoms with Gasteiger partial charge in [0, 0.05) is 18.2 Å². The van der Waals surface area contributed by atoms with Gasteiger partial charge in [-0.15, -0.1) is 0 Å². The van der Waals surface area contributed by atoms with E-state index in [9.17, 15) is 4.79 Å². The number of hydrogen-bond acceptors (Lipinski definition) is 1. The quantitative estimate of drug-likeness (QED) is 0.690. The van der Waals surface area contributed by atoms with Crippen LogP contribution in [0.1, 0.15) is 56.1 Å². The van der Waals surface area contributed by atoms with Crippen molar-refractivity contribution < 1.29 is 4.79 Å². The minimum atomic E-state index is 0.179. The highest BCUT2D eigenvalue weighted by Crippen LogP contribution is 2.35. The molecule has 2 heteroatoms. The Balaban J connectivity index is 2.09. The van der Waals surface area contributed by atoms with Gasteiger partial charge in [-0.05, 0) is 18.6 Å². The predicted molar refractivity (Wildman–Crippen MR) is 61.1 cm³/mol. The van der Waals surface area contributed by atoms with Crippen molar-refractivity contribution >= 4 is 5.78 Å². The van der Waals surface area contributed by atoms with E-state index in [1.807, 2.05) is 18.3 Å². The van der Waals surface area contributed by atoms with Crippen LogP contribution < -0.4 is 0 Å². The van der Waals surface area contributed by atoms with E-state index < -0.39 is 0 Å². The summed E-state index contributed by atoms with van der Waals surface area (Å²) in [6, 6.07) is 4.33. The molecule has 15 heavy (non-hydrogen) atoms. The first-order chi connectivity index (χ1) is 7.25. The highest BCUT2D eigenvalue weighted by molar-refractivity contribution is 5.98. The summed E-state index contributed by atoms with van der Waals surface area (Å²) in [5.74, 6) is 0.500. The minimum Gasteiger partial charge on any atom is -0.341 e. The zero-order valence-electron chi connectivity index (χ0n) is 9.57. The monoisotopic (exact) mass is 205 g/mol. The average molecular weight is 205 g/mol. The molecule has 0 radical (unpaired) electrons. The molecule has 2 rings (SSSR count). The molecule has 1 aliphatic rings. The van der Waals surface area contributed by atoms with Crippen molar-refractivity contribution in [3.63, 3.8) is 0 Å². The summed E-state index contributed by atoms with van der Waals surface area (Å²) < 4.78 is 2.17. The molecule has 0 aliphatic carbocycles. The third-order valence-electron chi connectivity index (χ3n) is 3.48. The average Bonchev–Trinajstić information content (AvgIpc) is 2.77. The highest BCUT2D eigenvalue weighted by Gasteiger charge is 2.35. The smallest absolute Gasteiger partial charge is 0.184 e. The summed E-state index contributed by atoms with van der Waals surface area (Å²) in [6.45, 7) is 4.27. The molecule has 1 aromatic rings. The van der Waals surface area contributed by atoms with Gasteiger partial charge in [-0.2, -0.15) is 0 Å². The molecular weight excluding hydrogens is 186 g/mol. The van der Waals surface area contributed by atoms with Crippen molar-refractivity contribution in [3.8, 4) is 0 Å². The number of carbonyl (C=O) groups excluding carboxylic acids is 1. The molecule has 0 amide bonds. The molecule has 1 aromatic heterocycles. The number of aromatic nitrogens is 1. The predicted octanol–water partition coefficient (Wildman–Crippen LogP) is 3.44. The Morgan fingerprint density at radius 2 is 2.20 bits per heavy atom. The van der Waals surface area contributed by atoms with Gasteiger partial charge >= 0.3 is 0 Å². The number of hydrogen-bond donors (Lipinski definition) is 0. The molecule has 0 bridgehead atoms. The van der Waals surface area contributed by atoms with E-state index >= 15 is 0 Å². The van der Waals surface area contributed by atoms with Crippen molar-refractivity contribution in [2.45, 2.75) is 45.6 Å². The Hall–Kier alpha value is -1.05. The van der Waals surface area contributed by atoms with Gasteiger partial charge < -0.3 is 4.57 Å². The number of nitrogens with zero attached hydrogens (tertiary/aromatic N) is 1. The van der Waals surface area contributed by atoms with Gasteiger partial charge in [-0.1, -0.05) is 33.1 Å². The summed E-state index contributed by atoms with van der Waals surface area (Å²) in [6.07, 6.45) is 6.94. The molecule has 0 unspecified atom stereocenters. The maximum Gasteiger partial charge on any atom is 0.184 e. The van der Waals surface area contributed by atoms with E-state index in [0.717, 1.165) is 12.1 Å². The van der Waals surface area contributed by atoms with Crippen LogP contribution in [0, 0.1) is 5.92 Å². The Bertz CT molecular complexity index is 353. The molecular formula is C13H19NO. The molecule has 0 spiro atoms. The fourth-order valence-corrected chi connectivity index (χ4v) is 2.53. The van der Waals surface area contributed by atoms with Crippen LogP contribution in [0.3, 0.4) is 0 Å². The number of rotatable bonds is 4. The molecule has 0 fully saturated rings. The second kappa shape index (κ2) is 4.21. The second-order valence-corrected chi connectivity index (χ2v) is 4.52. The van der Waals surface area contributed by atoms with Crippen molar-refractivity contribution in [2.75, 3.05) is 0 Å². The van der Waals surface area contributed by atoms with Gasteiger partial charge in [0.15, 0.2) is 5.78 Å². The third-order valence-corrected chi connectivity index (χ3v) is 3.48. The van der Waals surface area contributed by atoms with Gasteiger partial charge in [-0.3, -0.25) is 4.79 Å². The van der Waals surface area contributed by atoms with Gasteiger partial charge in [0.2, 0.25) is 0 Å². The van der Waals surface area contributed by atoms with Crippen LogP contribution in [0.4, 0.5) is 0 Å². The topological polar surface area (TPSA) is 22.0 Å². The summed E-state index contributed by atoms with van der Waals surface area (Å²) in [4.78, 5) is 11.9. The Kier molecular flexibility index (Phi) is 2.94. The number of fused-ring (bicyclic) bond motifs is 1. The summed E-state index contributed by atoms with van der Waals surface area (Å²) in [7, 11) is 0. The van der Waals surface area contributed by atoms with Crippen molar-refractivity contribution in [3.05, 3.63) is 24.0 Å². The Morgan fingerprint density at radius 3 is 2.93 bits per heavy atom. The molecule has 0 N–H and O–H groups in total. The van der Waals surface area contributed by atoms with E-state index in [-0.39, 0.29) is 5.92 Å². The lowest BCUT2D eigenvalue weighted by Gasteiger charge is -2.16. The van der Waals surface area contributed by atoms with Gasteiger partial charge in [0.25, 0.3) is 0 Å². The lowest BCUT2D eigenvalue weighted by Crippen LogP contribution is -2.12. The Morgan fingerprint density at radius 1 is 1.40 bits per heavy atom. The molecule has 0 aromatic carbocycles. The van der Waals surface area contributed by atoms with Gasteiger partial charge in [-0.25, -0.2) is 0 Å². The number of Topliss-reactive ketones (excluding diaryl/α,β-unsaturated/α-hetero) is 1.